The van der Waals surface area contributed by atoms with Crippen LogP contribution in [0.25, 0.3) is 0 Å². The van der Waals surface area contributed by atoms with Gasteiger partial charge in [-0.25, -0.2) is 4.98 Å². The topological polar surface area (TPSA) is 63.2 Å². The summed E-state index contributed by atoms with van der Waals surface area (Å²) in [5.74, 6) is 0.434. The zero-order chi connectivity index (χ0) is 14.3. The first kappa shape index (κ1) is 15.9. The van der Waals surface area contributed by atoms with Crippen LogP contribution in [-0.2, 0) is 4.74 Å². The van der Waals surface area contributed by atoms with E-state index in [1.54, 1.807) is 12.3 Å². The van der Waals surface area contributed by atoms with Crippen molar-refractivity contribution in [1.82, 2.24) is 10.3 Å². The Morgan fingerprint density at radius 2 is 2.26 bits per heavy atom. The van der Waals surface area contributed by atoms with Gasteiger partial charge < -0.3 is 15.4 Å². The normalized spacial score (nSPS) is 12.0. The van der Waals surface area contributed by atoms with E-state index in [-0.39, 0.29) is 12.0 Å². The van der Waals surface area contributed by atoms with Crippen LogP contribution in [0, 0.1) is 0 Å². The molecule has 0 bridgehead atoms. The van der Waals surface area contributed by atoms with Gasteiger partial charge in [0.1, 0.15) is 5.82 Å². The molecule has 5 nitrogen and oxygen atoms in total. The summed E-state index contributed by atoms with van der Waals surface area (Å²) < 4.78 is 6.15. The highest BCUT2D eigenvalue weighted by molar-refractivity contribution is 9.10. The van der Waals surface area contributed by atoms with Crippen molar-refractivity contribution < 1.29 is 9.53 Å². The lowest BCUT2D eigenvalue weighted by atomic mass is 10.2. The number of nitrogens with one attached hydrogen (secondary N) is 2. The van der Waals surface area contributed by atoms with Gasteiger partial charge in [0.15, 0.2) is 0 Å². The van der Waals surface area contributed by atoms with Gasteiger partial charge in [-0.05, 0) is 42.8 Å². The van der Waals surface area contributed by atoms with Crippen LogP contribution in [0.1, 0.15) is 31.1 Å². The van der Waals surface area contributed by atoms with Crippen LogP contribution in [0.2, 0.25) is 0 Å². The molecule has 2 N–H and O–H groups in total. The quantitative estimate of drug-likeness (QED) is 0.806. The van der Waals surface area contributed by atoms with Crippen molar-refractivity contribution in [3.8, 4) is 0 Å². The fraction of sp³-hybridized carbons (Fsp3) is 0.538. The second-order valence-electron chi connectivity index (χ2n) is 4.06. The van der Waals surface area contributed by atoms with E-state index in [9.17, 15) is 4.79 Å². The molecule has 0 spiro atoms. The van der Waals surface area contributed by atoms with Crippen LogP contribution in [-0.4, -0.2) is 36.7 Å². The lowest BCUT2D eigenvalue weighted by Crippen LogP contribution is -2.32. The highest BCUT2D eigenvalue weighted by atomic mass is 79.9. The number of carbonyl (C=O) groups excluding carboxylic acids is 1. The molecular formula is C13H20BrN3O2. The van der Waals surface area contributed by atoms with Crippen molar-refractivity contribution in [3.63, 3.8) is 0 Å². The second-order valence-corrected chi connectivity index (χ2v) is 4.97. The third kappa shape index (κ3) is 5.16. The highest BCUT2D eigenvalue weighted by Gasteiger charge is 2.13. The molecule has 1 amide bonds. The fourth-order valence-electron chi connectivity index (χ4n) is 1.60. The number of pyridine rings is 1. The van der Waals surface area contributed by atoms with Crippen LogP contribution in [0.5, 0.6) is 0 Å². The standard InChI is InChI=1S/C13H20BrN3O2/c1-4-15-12-11(6-10(14)8-16-12)13(18)17-7-9(3)19-5-2/h6,8-9H,4-5,7H2,1-3H3,(H,15,16)(H,17,18). The number of anilines is 1. The van der Waals surface area contributed by atoms with E-state index in [0.29, 0.717) is 31.1 Å². The minimum Gasteiger partial charge on any atom is -0.377 e. The predicted octanol–water partition coefficient (Wildman–Crippen LogP) is 2.43. The molecule has 0 aliphatic carbocycles. The Morgan fingerprint density at radius 1 is 1.53 bits per heavy atom. The summed E-state index contributed by atoms with van der Waals surface area (Å²) in [7, 11) is 0. The highest BCUT2D eigenvalue weighted by Crippen LogP contribution is 2.17. The molecule has 106 valence electrons. The maximum atomic E-state index is 12.1. The molecule has 1 atom stereocenters. The number of hydrogen-bond acceptors (Lipinski definition) is 4. The smallest absolute Gasteiger partial charge is 0.255 e. The van der Waals surface area contributed by atoms with Crippen molar-refractivity contribution in [2.45, 2.75) is 26.9 Å². The van der Waals surface area contributed by atoms with Gasteiger partial charge in [-0.2, -0.15) is 0 Å². The number of carbonyl (C=O) groups is 1. The van der Waals surface area contributed by atoms with E-state index in [1.807, 2.05) is 20.8 Å². The minimum atomic E-state index is -0.156. The first-order chi connectivity index (χ1) is 9.08. The number of amides is 1. The van der Waals surface area contributed by atoms with Crippen LogP contribution in [0.4, 0.5) is 5.82 Å². The molecular weight excluding hydrogens is 310 g/mol. The SMILES string of the molecule is CCNc1ncc(Br)cc1C(=O)NCC(C)OCC. The number of halogens is 1. The Hall–Kier alpha value is -1.14. The van der Waals surface area contributed by atoms with E-state index in [4.69, 9.17) is 4.74 Å². The first-order valence-corrected chi connectivity index (χ1v) is 7.17. The third-order valence-corrected chi connectivity index (χ3v) is 2.88. The van der Waals surface area contributed by atoms with Crippen molar-refractivity contribution in [2.24, 2.45) is 0 Å². The molecule has 0 saturated heterocycles. The van der Waals surface area contributed by atoms with Crippen LogP contribution >= 0.6 is 15.9 Å². The van der Waals surface area contributed by atoms with E-state index in [2.05, 4.69) is 31.5 Å². The number of rotatable bonds is 7. The fourth-order valence-corrected chi connectivity index (χ4v) is 1.93. The summed E-state index contributed by atoms with van der Waals surface area (Å²) in [6.07, 6.45) is 1.66. The van der Waals surface area contributed by atoms with Crippen LogP contribution in [0.3, 0.4) is 0 Å². The molecule has 1 aromatic heterocycles. The molecule has 0 radical (unpaired) electrons. The molecule has 0 aliphatic heterocycles. The number of aromatic nitrogens is 1. The number of hydrogen-bond donors (Lipinski definition) is 2. The molecule has 0 aliphatic rings. The maximum absolute atomic E-state index is 12.1. The minimum absolute atomic E-state index is 0.00311. The van der Waals surface area contributed by atoms with E-state index < -0.39 is 0 Å². The Balaban J connectivity index is 2.72. The van der Waals surface area contributed by atoms with Gasteiger partial charge >= 0.3 is 0 Å². The summed E-state index contributed by atoms with van der Waals surface area (Å²) in [5.41, 5.74) is 0.528. The average Bonchev–Trinajstić information content (AvgIpc) is 2.38. The molecule has 6 heteroatoms. The summed E-state index contributed by atoms with van der Waals surface area (Å²) in [4.78, 5) is 16.3. The van der Waals surface area contributed by atoms with Crippen molar-refractivity contribution in [2.75, 3.05) is 25.0 Å². The summed E-state index contributed by atoms with van der Waals surface area (Å²) in [5, 5.41) is 5.92. The van der Waals surface area contributed by atoms with Crippen molar-refractivity contribution in [3.05, 3.63) is 22.3 Å². The van der Waals surface area contributed by atoms with E-state index in [1.165, 1.54) is 0 Å². The lowest BCUT2D eigenvalue weighted by Gasteiger charge is -2.14. The molecule has 1 rings (SSSR count). The molecule has 1 heterocycles. The van der Waals surface area contributed by atoms with Gasteiger partial charge in [0.25, 0.3) is 5.91 Å². The molecule has 0 fully saturated rings. The van der Waals surface area contributed by atoms with E-state index in [0.717, 1.165) is 4.47 Å². The molecule has 0 aromatic carbocycles. The monoisotopic (exact) mass is 329 g/mol. The van der Waals surface area contributed by atoms with Crippen molar-refractivity contribution >= 4 is 27.7 Å². The predicted molar refractivity (Wildman–Crippen MR) is 79.5 cm³/mol. The Kier molecular flexibility index (Phi) is 6.80. The van der Waals surface area contributed by atoms with Gasteiger partial charge in [0.2, 0.25) is 0 Å². The van der Waals surface area contributed by atoms with Crippen LogP contribution in [0.15, 0.2) is 16.7 Å². The van der Waals surface area contributed by atoms with Gasteiger partial charge in [-0.15, -0.1) is 0 Å². The van der Waals surface area contributed by atoms with E-state index >= 15 is 0 Å². The molecule has 1 unspecified atom stereocenters. The Bertz CT molecular complexity index is 426. The molecule has 19 heavy (non-hydrogen) atoms. The largest absolute Gasteiger partial charge is 0.377 e. The maximum Gasteiger partial charge on any atom is 0.255 e. The summed E-state index contributed by atoms with van der Waals surface area (Å²) >= 11 is 3.33. The third-order valence-electron chi connectivity index (χ3n) is 2.44. The average molecular weight is 330 g/mol. The van der Waals surface area contributed by atoms with Crippen molar-refractivity contribution in [1.29, 1.82) is 0 Å². The van der Waals surface area contributed by atoms with Gasteiger partial charge in [0.05, 0.1) is 11.7 Å². The lowest BCUT2D eigenvalue weighted by molar-refractivity contribution is 0.0695. The zero-order valence-electron chi connectivity index (χ0n) is 11.5. The Labute approximate surface area is 122 Å². The molecule has 0 saturated carbocycles. The van der Waals surface area contributed by atoms with Crippen LogP contribution < -0.4 is 10.6 Å². The van der Waals surface area contributed by atoms with Gasteiger partial charge in [0, 0.05) is 30.4 Å². The number of nitrogens with zero attached hydrogens (tertiary/aromatic N) is 1. The van der Waals surface area contributed by atoms with Gasteiger partial charge in [-0.1, -0.05) is 0 Å². The zero-order valence-corrected chi connectivity index (χ0v) is 13.1. The summed E-state index contributed by atoms with van der Waals surface area (Å²) in [6.45, 7) is 7.64. The summed E-state index contributed by atoms with van der Waals surface area (Å²) in [6, 6.07) is 1.76. The van der Waals surface area contributed by atoms with Gasteiger partial charge in [-0.3, -0.25) is 4.79 Å². The first-order valence-electron chi connectivity index (χ1n) is 6.37. The second kappa shape index (κ2) is 8.12. The molecule has 1 aromatic rings. The Morgan fingerprint density at radius 3 is 2.89 bits per heavy atom. The number of ether oxygens (including phenoxy) is 1.